The van der Waals surface area contributed by atoms with Crippen molar-refractivity contribution >= 4 is 11.8 Å². The van der Waals surface area contributed by atoms with E-state index in [-0.39, 0.29) is 30.2 Å². The minimum atomic E-state index is -0.294. The molecule has 2 atom stereocenters. The molecule has 2 aromatic rings. The second-order valence-electron chi connectivity index (χ2n) is 7.98. The van der Waals surface area contributed by atoms with Gasteiger partial charge in [0.2, 0.25) is 11.8 Å². The van der Waals surface area contributed by atoms with E-state index in [0.29, 0.717) is 24.6 Å². The predicted molar refractivity (Wildman–Crippen MR) is 114 cm³/mol. The van der Waals surface area contributed by atoms with E-state index in [2.05, 4.69) is 17.4 Å². The molecule has 0 bridgehead atoms. The molecule has 2 aromatic carbocycles. The summed E-state index contributed by atoms with van der Waals surface area (Å²) in [6.07, 6.45) is 2.81. The maximum absolute atomic E-state index is 12.9. The summed E-state index contributed by atoms with van der Waals surface area (Å²) in [7, 11) is 3.24. The summed E-state index contributed by atoms with van der Waals surface area (Å²) in [4.78, 5) is 27.1. The summed E-state index contributed by atoms with van der Waals surface area (Å²) in [6, 6.07) is 14.0. The highest BCUT2D eigenvalue weighted by molar-refractivity contribution is 5.89. The number of hydrogen-bond donors (Lipinski definition) is 1. The zero-order valence-corrected chi connectivity index (χ0v) is 17.5. The molecule has 0 unspecified atom stereocenters. The number of hydrogen-bond acceptors (Lipinski definition) is 4. The molecule has 1 fully saturated rings. The van der Waals surface area contributed by atoms with Gasteiger partial charge in [-0.2, -0.15) is 0 Å². The molecule has 4 rings (SSSR count). The number of fused-ring (bicyclic) bond motifs is 1. The Hall–Kier alpha value is -3.02. The number of aryl methyl sites for hydroxylation is 1. The van der Waals surface area contributed by atoms with Crippen molar-refractivity contribution in [3.63, 3.8) is 0 Å². The number of rotatable bonds is 7. The largest absolute Gasteiger partial charge is 0.493 e. The number of likely N-dealkylation sites (tertiary alicyclic amines) is 1. The zero-order chi connectivity index (χ0) is 21.1. The number of nitrogens with zero attached hydrogens (tertiary/aromatic N) is 1. The van der Waals surface area contributed by atoms with Crippen LogP contribution in [-0.2, 0) is 22.4 Å². The average molecular weight is 408 g/mol. The SMILES string of the molecule is COc1cc2c(cc1OC)[C@@H](NC(=O)[C@H]1CC(=O)N(CCc3ccccc3)C1)CC2. The fourth-order valence-corrected chi connectivity index (χ4v) is 4.45. The Labute approximate surface area is 177 Å². The van der Waals surface area contributed by atoms with Crippen LogP contribution in [0.4, 0.5) is 0 Å². The summed E-state index contributed by atoms with van der Waals surface area (Å²) in [5, 5.41) is 3.17. The number of amides is 2. The molecular weight excluding hydrogens is 380 g/mol. The molecule has 30 heavy (non-hydrogen) atoms. The number of carbonyl (C=O) groups excluding carboxylic acids is 2. The summed E-state index contributed by atoms with van der Waals surface area (Å²) >= 11 is 0. The molecule has 6 heteroatoms. The molecule has 1 aliphatic heterocycles. The van der Waals surface area contributed by atoms with Crippen molar-refractivity contribution in [1.29, 1.82) is 0 Å². The van der Waals surface area contributed by atoms with Gasteiger partial charge in [0, 0.05) is 19.5 Å². The summed E-state index contributed by atoms with van der Waals surface area (Å²) in [6.45, 7) is 1.14. The van der Waals surface area contributed by atoms with Gasteiger partial charge in [0.15, 0.2) is 11.5 Å². The van der Waals surface area contributed by atoms with E-state index in [9.17, 15) is 9.59 Å². The van der Waals surface area contributed by atoms with Crippen LogP contribution in [0.1, 0.15) is 35.6 Å². The van der Waals surface area contributed by atoms with Crippen LogP contribution in [0.5, 0.6) is 11.5 Å². The molecule has 0 aromatic heterocycles. The number of ether oxygens (including phenoxy) is 2. The monoisotopic (exact) mass is 408 g/mol. The summed E-state index contributed by atoms with van der Waals surface area (Å²) in [5.74, 6) is 1.10. The smallest absolute Gasteiger partial charge is 0.225 e. The van der Waals surface area contributed by atoms with Crippen LogP contribution >= 0.6 is 0 Å². The molecule has 6 nitrogen and oxygen atoms in total. The quantitative estimate of drug-likeness (QED) is 0.765. The first-order valence-corrected chi connectivity index (χ1v) is 10.5. The van der Waals surface area contributed by atoms with Crippen LogP contribution in [0.3, 0.4) is 0 Å². The molecule has 2 amide bonds. The number of benzene rings is 2. The minimum Gasteiger partial charge on any atom is -0.493 e. The maximum atomic E-state index is 12.9. The highest BCUT2D eigenvalue weighted by Crippen LogP contribution is 2.39. The first kappa shape index (κ1) is 20.3. The molecular formula is C24H28N2O4. The highest BCUT2D eigenvalue weighted by atomic mass is 16.5. The van der Waals surface area contributed by atoms with Crippen molar-refractivity contribution in [1.82, 2.24) is 10.2 Å². The van der Waals surface area contributed by atoms with E-state index in [1.165, 1.54) is 11.1 Å². The lowest BCUT2D eigenvalue weighted by atomic mass is 10.0. The van der Waals surface area contributed by atoms with E-state index < -0.39 is 0 Å². The molecule has 1 N–H and O–H groups in total. The van der Waals surface area contributed by atoms with E-state index in [1.807, 2.05) is 35.2 Å². The normalized spacial score (nSPS) is 20.2. The van der Waals surface area contributed by atoms with E-state index >= 15 is 0 Å². The van der Waals surface area contributed by atoms with Crippen molar-refractivity contribution in [2.75, 3.05) is 27.3 Å². The van der Waals surface area contributed by atoms with Crippen LogP contribution in [0.25, 0.3) is 0 Å². The Balaban J connectivity index is 1.37. The number of carbonyl (C=O) groups is 2. The molecule has 1 heterocycles. The molecule has 0 spiro atoms. The van der Waals surface area contributed by atoms with E-state index in [1.54, 1.807) is 14.2 Å². The predicted octanol–water partition coefficient (Wildman–Crippen LogP) is 2.90. The molecule has 1 aliphatic carbocycles. The Bertz CT molecular complexity index is 928. The Kier molecular flexibility index (Phi) is 5.93. The van der Waals surface area contributed by atoms with Crippen molar-refractivity contribution in [2.24, 2.45) is 5.92 Å². The second kappa shape index (κ2) is 8.78. The van der Waals surface area contributed by atoms with E-state index in [0.717, 1.165) is 24.8 Å². The van der Waals surface area contributed by atoms with Gasteiger partial charge >= 0.3 is 0 Å². The third-order valence-electron chi connectivity index (χ3n) is 6.14. The van der Waals surface area contributed by atoms with Gasteiger partial charge in [-0.25, -0.2) is 0 Å². The minimum absolute atomic E-state index is 0.0433. The average Bonchev–Trinajstić information content (AvgIpc) is 3.34. The molecule has 0 radical (unpaired) electrons. The third-order valence-corrected chi connectivity index (χ3v) is 6.14. The highest BCUT2D eigenvalue weighted by Gasteiger charge is 2.36. The van der Waals surface area contributed by atoms with Crippen LogP contribution < -0.4 is 14.8 Å². The topological polar surface area (TPSA) is 67.9 Å². The third kappa shape index (κ3) is 4.13. The molecule has 0 saturated carbocycles. The van der Waals surface area contributed by atoms with Crippen LogP contribution in [0.2, 0.25) is 0 Å². The summed E-state index contributed by atoms with van der Waals surface area (Å²) in [5.41, 5.74) is 3.45. The van der Waals surface area contributed by atoms with E-state index in [4.69, 9.17) is 9.47 Å². The Morgan fingerprint density at radius 2 is 1.87 bits per heavy atom. The second-order valence-corrected chi connectivity index (χ2v) is 7.98. The molecule has 158 valence electrons. The lowest BCUT2D eigenvalue weighted by Gasteiger charge is -2.19. The van der Waals surface area contributed by atoms with Crippen LogP contribution in [-0.4, -0.2) is 44.0 Å². The Morgan fingerprint density at radius 3 is 2.60 bits per heavy atom. The maximum Gasteiger partial charge on any atom is 0.225 e. The van der Waals surface area contributed by atoms with Crippen LogP contribution in [0.15, 0.2) is 42.5 Å². The number of methoxy groups -OCH3 is 2. The van der Waals surface area contributed by atoms with Gasteiger partial charge in [0.05, 0.1) is 26.2 Å². The summed E-state index contributed by atoms with van der Waals surface area (Å²) < 4.78 is 10.8. The van der Waals surface area contributed by atoms with Gasteiger partial charge in [-0.15, -0.1) is 0 Å². The van der Waals surface area contributed by atoms with Gasteiger partial charge in [-0.3, -0.25) is 9.59 Å². The first-order valence-electron chi connectivity index (χ1n) is 10.5. The van der Waals surface area contributed by atoms with Gasteiger partial charge < -0.3 is 19.7 Å². The lowest BCUT2D eigenvalue weighted by molar-refractivity contribution is -0.129. The molecule has 2 aliphatic rings. The van der Waals surface area contributed by atoms with Crippen molar-refractivity contribution < 1.29 is 19.1 Å². The molecule has 1 saturated heterocycles. The van der Waals surface area contributed by atoms with Crippen molar-refractivity contribution in [2.45, 2.75) is 31.7 Å². The fraction of sp³-hybridized carbons (Fsp3) is 0.417. The lowest BCUT2D eigenvalue weighted by Crippen LogP contribution is -2.35. The van der Waals surface area contributed by atoms with Gasteiger partial charge in [-0.1, -0.05) is 30.3 Å². The number of nitrogens with one attached hydrogen (secondary N) is 1. The van der Waals surface area contributed by atoms with Gasteiger partial charge in [0.1, 0.15) is 0 Å². The Morgan fingerprint density at radius 1 is 1.13 bits per heavy atom. The van der Waals surface area contributed by atoms with Crippen molar-refractivity contribution in [3.05, 3.63) is 59.2 Å². The van der Waals surface area contributed by atoms with Gasteiger partial charge in [-0.05, 0) is 48.1 Å². The zero-order valence-electron chi connectivity index (χ0n) is 17.5. The standard InChI is InChI=1S/C24H28N2O4/c1-29-21-12-17-8-9-20(19(17)14-22(21)30-2)25-24(28)18-13-23(27)26(15-18)11-10-16-6-4-3-5-7-16/h3-7,12,14,18,20H,8-11,13,15H2,1-2H3,(H,25,28)/t18-,20-/m0/s1. The van der Waals surface area contributed by atoms with Crippen molar-refractivity contribution in [3.8, 4) is 11.5 Å². The van der Waals surface area contributed by atoms with Crippen LogP contribution in [0, 0.1) is 5.92 Å². The first-order chi connectivity index (χ1) is 14.6. The fourth-order valence-electron chi connectivity index (χ4n) is 4.45. The van der Waals surface area contributed by atoms with Gasteiger partial charge in [0.25, 0.3) is 0 Å².